The van der Waals surface area contributed by atoms with Gasteiger partial charge in [-0.3, -0.25) is 4.99 Å². The van der Waals surface area contributed by atoms with Crippen LogP contribution in [0.5, 0.6) is 0 Å². The molecule has 1 aromatic heterocycles. The molecule has 0 atom stereocenters. The van der Waals surface area contributed by atoms with Crippen molar-refractivity contribution in [1.29, 1.82) is 0 Å². The highest BCUT2D eigenvalue weighted by Gasteiger charge is 1.98. The Bertz CT molecular complexity index is 294. The summed E-state index contributed by atoms with van der Waals surface area (Å²) in [5, 5.41) is 3.76. The normalized spacial score (nSPS) is 9.54. The van der Waals surface area contributed by atoms with Gasteiger partial charge in [-0.25, -0.2) is 4.68 Å². The van der Waals surface area contributed by atoms with Gasteiger partial charge in [0.1, 0.15) is 0 Å². The highest BCUT2D eigenvalue weighted by atomic mass is 79.9. The summed E-state index contributed by atoms with van der Waals surface area (Å²) in [6.07, 6.45) is 5.24. The summed E-state index contributed by atoms with van der Waals surface area (Å²) in [6, 6.07) is 1.92. The van der Waals surface area contributed by atoms with Crippen molar-refractivity contribution < 1.29 is 0 Å². The van der Waals surface area contributed by atoms with Crippen molar-refractivity contribution in [3.8, 4) is 0 Å². The summed E-state index contributed by atoms with van der Waals surface area (Å²) in [6.45, 7) is 3.42. The van der Waals surface area contributed by atoms with Crippen LogP contribution in [-0.4, -0.2) is 30.9 Å². The fraction of sp³-hybridized carbons (Fsp3) is 0.250. The lowest BCUT2D eigenvalue weighted by Gasteiger charge is -1.92. The third kappa shape index (κ3) is 3.78. The molecule has 0 radical (unpaired) electrons. The molecule has 0 saturated carbocycles. The number of nitrogens with zero attached hydrogens (tertiary/aromatic N) is 3. The van der Waals surface area contributed by atoms with E-state index in [1.807, 2.05) is 12.3 Å². The number of hydrogen-bond acceptors (Lipinski definition) is 3. The first-order valence-electron chi connectivity index (χ1n) is 3.49. The average molecular weight is 262 g/mol. The van der Waals surface area contributed by atoms with Crippen molar-refractivity contribution in [3.05, 3.63) is 22.4 Å². The van der Waals surface area contributed by atoms with E-state index >= 15 is 0 Å². The Hall–Kier alpha value is -0.550. The molecule has 0 aliphatic heterocycles. The number of halogens is 1. The second-order valence-electron chi connectivity index (χ2n) is 1.96. The highest BCUT2D eigenvalue weighted by Crippen LogP contribution is 2.12. The molecule has 1 heterocycles. The Morgan fingerprint density at radius 2 is 2.23 bits per heavy atom. The minimum absolute atomic E-state index is 0.911. The Kier molecular flexibility index (Phi) is 6.62. The smallest absolute Gasteiger partial charge is 0.0835 e. The molecule has 1 rings (SSSR count). The van der Waals surface area contributed by atoms with Crippen LogP contribution in [0.3, 0.4) is 0 Å². The molecule has 5 heteroatoms. The van der Waals surface area contributed by atoms with Crippen LogP contribution in [0.25, 0.3) is 0 Å². The molecule has 0 spiro atoms. The maximum atomic E-state index is 3.87. The van der Waals surface area contributed by atoms with Crippen molar-refractivity contribution in [2.45, 2.75) is 0 Å². The van der Waals surface area contributed by atoms with E-state index < -0.39 is 0 Å². The zero-order chi connectivity index (χ0) is 10.3. The van der Waals surface area contributed by atoms with Crippen molar-refractivity contribution >= 4 is 41.5 Å². The van der Waals surface area contributed by atoms with Crippen molar-refractivity contribution in [3.63, 3.8) is 0 Å². The lowest BCUT2D eigenvalue weighted by molar-refractivity contribution is 0.889. The van der Waals surface area contributed by atoms with Crippen molar-refractivity contribution in [2.24, 2.45) is 10.1 Å². The molecule has 0 N–H and O–H groups in total. The molecule has 0 saturated heterocycles. The minimum atomic E-state index is 0.911. The highest BCUT2D eigenvalue weighted by molar-refractivity contribution is 9.10. The molecule has 1 aromatic rings. The van der Waals surface area contributed by atoms with E-state index in [1.165, 1.54) is 0 Å². The van der Waals surface area contributed by atoms with Gasteiger partial charge in [-0.1, -0.05) is 0 Å². The second-order valence-corrected chi connectivity index (χ2v) is 2.87. The van der Waals surface area contributed by atoms with Crippen LogP contribution in [0.15, 0.2) is 26.8 Å². The SMILES string of the molecule is C=Nn1cc(Br)cc1C=NC.CS. The largest absolute Gasteiger partial charge is 0.294 e. The van der Waals surface area contributed by atoms with Gasteiger partial charge in [0.05, 0.1) is 5.69 Å². The Labute approximate surface area is 92.1 Å². The van der Waals surface area contributed by atoms with E-state index in [0.29, 0.717) is 0 Å². The molecule has 0 aromatic carbocycles. The quantitative estimate of drug-likeness (QED) is 0.626. The molecular formula is C8H12BrN3S. The Morgan fingerprint density at radius 3 is 2.69 bits per heavy atom. The fourth-order valence-electron chi connectivity index (χ4n) is 0.787. The first-order valence-corrected chi connectivity index (χ1v) is 5.18. The maximum Gasteiger partial charge on any atom is 0.0835 e. The third-order valence-corrected chi connectivity index (χ3v) is 1.64. The zero-order valence-corrected chi connectivity index (χ0v) is 10.1. The van der Waals surface area contributed by atoms with E-state index in [1.54, 1.807) is 24.2 Å². The monoisotopic (exact) mass is 261 g/mol. The summed E-state index contributed by atoms with van der Waals surface area (Å²) in [5.41, 5.74) is 0.911. The number of hydrogen-bond donors (Lipinski definition) is 1. The molecule has 0 fully saturated rings. The van der Waals surface area contributed by atoms with Gasteiger partial charge in [0.2, 0.25) is 0 Å². The van der Waals surface area contributed by atoms with Crippen LogP contribution in [0.1, 0.15) is 5.69 Å². The van der Waals surface area contributed by atoms with Gasteiger partial charge in [0.25, 0.3) is 0 Å². The zero-order valence-electron chi connectivity index (χ0n) is 7.61. The molecule has 0 unspecified atom stereocenters. The van der Waals surface area contributed by atoms with Crippen molar-refractivity contribution in [2.75, 3.05) is 13.3 Å². The average Bonchev–Trinajstić information content (AvgIpc) is 2.50. The summed E-state index contributed by atoms with van der Waals surface area (Å²) in [4.78, 5) is 3.87. The van der Waals surface area contributed by atoms with E-state index in [4.69, 9.17) is 0 Å². The van der Waals surface area contributed by atoms with E-state index in [2.05, 4.69) is 45.4 Å². The number of rotatable bonds is 2. The van der Waals surface area contributed by atoms with Gasteiger partial charge in [0.15, 0.2) is 0 Å². The minimum Gasteiger partial charge on any atom is -0.294 e. The van der Waals surface area contributed by atoms with Gasteiger partial charge < -0.3 is 0 Å². The van der Waals surface area contributed by atoms with Crippen LogP contribution in [0.4, 0.5) is 0 Å². The fourth-order valence-corrected chi connectivity index (χ4v) is 1.22. The second kappa shape index (κ2) is 6.91. The van der Waals surface area contributed by atoms with Gasteiger partial charge >= 0.3 is 0 Å². The van der Waals surface area contributed by atoms with Crippen LogP contribution in [0, 0.1) is 0 Å². The summed E-state index contributed by atoms with van der Waals surface area (Å²) < 4.78 is 2.62. The van der Waals surface area contributed by atoms with E-state index in [9.17, 15) is 0 Å². The molecular weight excluding hydrogens is 250 g/mol. The lowest BCUT2D eigenvalue weighted by Crippen LogP contribution is -1.91. The number of aliphatic imine (C=N–C) groups is 1. The standard InChI is InChI=1S/C7H8BrN3.CH4S/c1-9-4-7-3-6(8)5-11(7)10-2;1-2/h3-5H,2H2,1H3;2H,1H3. The van der Waals surface area contributed by atoms with Gasteiger partial charge in [-0.05, 0) is 28.3 Å². The molecule has 3 nitrogen and oxygen atoms in total. The first-order chi connectivity index (χ1) is 6.27. The van der Waals surface area contributed by atoms with Crippen LogP contribution < -0.4 is 0 Å². The Balaban J connectivity index is 0.000000671. The predicted molar refractivity (Wildman–Crippen MR) is 65.5 cm³/mol. The molecule has 0 amide bonds. The third-order valence-electron chi connectivity index (χ3n) is 1.21. The molecule has 0 bridgehead atoms. The molecule has 13 heavy (non-hydrogen) atoms. The van der Waals surface area contributed by atoms with E-state index in [0.717, 1.165) is 10.2 Å². The van der Waals surface area contributed by atoms with Gasteiger partial charge in [-0.15, -0.1) is 0 Å². The molecule has 0 aliphatic carbocycles. The van der Waals surface area contributed by atoms with Gasteiger partial charge in [-0.2, -0.15) is 17.7 Å². The van der Waals surface area contributed by atoms with Crippen LogP contribution >= 0.6 is 28.6 Å². The van der Waals surface area contributed by atoms with Gasteiger partial charge in [0, 0.05) is 30.6 Å². The summed E-state index contributed by atoms with van der Waals surface area (Å²) in [5.74, 6) is 0. The number of aromatic nitrogens is 1. The maximum absolute atomic E-state index is 3.87. The summed E-state index contributed by atoms with van der Waals surface area (Å²) in [7, 11) is 1.72. The summed E-state index contributed by atoms with van der Waals surface area (Å²) >= 11 is 6.85. The molecule has 72 valence electrons. The van der Waals surface area contributed by atoms with Crippen LogP contribution in [-0.2, 0) is 0 Å². The number of thiol groups is 1. The van der Waals surface area contributed by atoms with Crippen molar-refractivity contribution in [1.82, 2.24) is 4.68 Å². The predicted octanol–water partition coefficient (Wildman–Crippen LogP) is 2.31. The van der Waals surface area contributed by atoms with Crippen LogP contribution in [0.2, 0.25) is 0 Å². The van der Waals surface area contributed by atoms with E-state index in [-0.39, 0.29) is 0 Å². The molecule has 0 aliphatic rings. The first kappa shape index (κ1) is 12.4. The Morgan fingerprint density at radius 1 is 1.62 bits per heavy atom. The lowest BCUT2D eigenvalue weighted by atomic mass is 10.5. The topological polar surface area (TPSA) is 29.6 Å².